The molecule has 0 unspecified atom stereocenters. The summed E-state index contributed by atoms with van der Waals surface area (Å²) in [6.07, 6.45) is 1.73. The van der Waals surface area contributed by atoms with Crippen LogP contribution in [0.5, 0.6) is 0 Å². The fraction of sp³-hybridized carbons (Fsp3) is 0.538. The molecule has 0 atom stereocenters. The Bertz CT molecular complexity index is 395. The maximum absolute atomic E-state index is 12.0. The van der Waals surface area contributed by atoms with E-state index in [4.69, 9.17) is 5.26 Å². The highest BCUT2D eigenvalue weighted by Crippen LogP contribution is 2.22. The van der Waals surface area contributed by atoms with Gasteiger partial charge in [-0.3, -0.25) is 4.79 Å². The number of hydrogen-bond donors (Lipinski definition) is 1. The van der Waals surface area contributed by atoms with Crippen molar-refractivity contribution < 1.29 is 4.79 Å². The lowest BCUT2D eigenvalue weighted by atomic mass is 9.91. The van der Waals surface area contributed by atoms with Gasteiger partial charge >= 0.3 is 0 Å². The molecule has 0 spiro atoms. The Labute approximate surface area is 96.8 Å². The molecule has 0 fully saturated rings. The molecule has 3 heteroatoms. The molecule has 0 saturated carbocycles. The van der Waals surface area contributed by atoms with Gasteiger partial charge in [0, 0.05) is 29.3 Å². The van der Waals surface area contributed by atoms with E-state index >= 15 is 0 Å². The highest BCUT2D eigenvalue weighted by Gasteiger charge is 2.22. The predicted molar refractivity (Wildman–Crippen MR) is 63.4 cm³/mol. The largest absolute Gasteiger partial charge is 0.383 e. The van der Waals surface area contributed by atoms with E-state index in [1.807, 2.05) is 27.7 Å². The third kappa shape index (κ3) is 2.52. The summed E-state index contributed by atoms with van der Waals surface area (Å²) in [5.41, 5.74) is 2.25. The van der Waals surface area contributed by atoms with Gasteiger partial charge in [0.2, 0.25) is 0 Å². The monoisotopic (exact) mass is 218 g/mol. The third-order valence-electron chi connectivity index (χ3n) is 2.59. The average Bonchev–Trinajstić information content (AvgIpc) is 2.26. The number of nitriles is 1. The second kappa shape index (κ2) is 4.98. The van der Waals surface area contributed by atoms with E-state index in [2.05, 4.69) is 11.4 Å². The van der Waals surface area contributed by atoms with Gasteiger partial charge in [0.15, 0.2) is 5.78 Å². The normalized spacial score (nSPS) is 15.9. The number of nitrogens with one attached hydrogen (secondary N) is 1. The number of dihydropyridines is 1. The van der Waals surface area contributed by atoms with Crippen LogP contribution in [0.4, 0.5) is 0 Å². The lowest BCUT2D eigenvalue weighted by Gasteiger charge is -2.22. The predicted octanol–water partition coefficient (Wildman–Crippen LogP) is 2.17. The number of carbonyl (C=O) groups excluding carboxylic acids is 1. The second-order valence-electron chi connectivity index (χ2n) is 4.64. The SMILES string of the molecule is CC(C)C(=O)C1=C(C(C)C)NCC(C#N)=C1. The van der Waals surface area contributed by atoms with Crippen molar-refractivity contribution in [2.24, 2.45) is 11.8 Å². The summed E-state index contributed by atoms with van der Waals surface area (Å²) in [7, 11) is 0. The zero-order valence-electron chi connectivity index (χ0n) is 10.3. The molecule has 0 aromatic carbocycles. The molecule has 16 heavy (non-hydrogen) atoms. The van der Waals surface area contributed by atoms with Crippen molar-refractivity contribution in [1.29, 1.82) is 5.26 Å². The molecule has 0 aromatic rings. The molecule has 1 aliphatic heterocycles. The summed E-state index contributed by atoms with van der Waals surface area (Å²) in [4.78, 5) is 12.0. The Kier molecular flexibility index (Phi) is 3.89. The molecule has 1 aliphatic rings. The summed E-state index contributed by atoms with van der Waals surface area (Å²) in [6, 6.07) is 2.10. The molecule has 86 valence electrons. The molecular formula is C13H18N2O. The average molecular weight is 218 g/mol. The number of ketones is 1. The number of hydrogen-bond acceptors (Lipinski definition) is 3. The van der Waals surface area contributed by atoms with E-state index in [0.717, 1.165) is 5.70 Å². The van der Waals surface area contributed by atoms with Crippen LogP contribution in [0.3, 0.4) is 0 Å². The first-order valence-electron chi connectivity index (χ1n) is 5.60. The van der Waals surface area contributed by atoms with Gasteiger partial charge < -0.3 is 5.32 Å². The van der Waals surface area contributed by atoms with Crippen LogP contribution in [-0.2, 0) is 4.79 Å². The minimum absolute atomic E-state index is 0.0418. The van der Waals surface area contributed by atoms with E-state index < -0.39 is 0 Å². The van der Waals surface area contributed by atoms with E-state index in [0.29, 0.717) is 17.7 Å². The van der Waals surface area contributed by atoms with Gasteiger partial charge in [0.05, 0.1) is 6.07 Å². The summed E-state index contributed by atoms with van der Waals surface area (Å²) in [5.74, 6) is 0.331. The summed E-state index contributed by atoms with van der Waals surface area (Å²) < 4.78 is 0. The van der Waals surface area contributed by atoms with Crippen molar-refractivity contribution in [3.8, 4) is 6.07 Å². The fourth-order valence-electron chi connectivity index (χ4n) is 1.69. The first-order chi connectivity index (χ1) is 7.47. The highest BCUT2D eigenvalue weighted by molar-refractivity contribution is 6.00. The molecule has 0 saturated heterocycles. The maximum atomic E-state index is 12.0. The molecule has 0 aliphatic carbocycles. The van der Waals surface area contributed by atoms with Gasteiger partial charge in [0.25, 0.3) is 0 Å². The molecule has 3 nitrogen and oxygen atoms in total. The molecule has 0 radical (unpaired) electrons. The van der Waals surface area contributed by atoms with Gasteiger partial charge in [-0.1, -0.05) is 27.7 Å². The number of allylic oxidation sites excluding steroid dienone is 3. The minimum atomic E-state index is -0.0418. The standard InChI is InChI=1S/C13H18N2O/c1-8(2)12-11(13(16)9(3)4)5-10(6-14)7-15-12/h5,8-9,15H,7H2,1-4H3. The van der Waals surface area contributed by atoms with E-state index in [1.54, 1.807) is 6.08 Å². The van der Waals surface area contributed by atoms with Crippen molar-refractivity contribution in [2.75, 3.05) is 6.54 Å². The zero-order valence-corrected chi connectivity index (χ0v) is 10.3. The Hall–Kier alpha value is -1.56. The van der Waals surface area contributed by atoms with Gasteiger partial charge in [-0.15, -0.1) is 0 Å². The van der Waals surface area contributed by atoms with Crippen LogP contribution >= 0.6 is 0 Å². The number of rotatable bonds is 3. The molecule has 0 bridgehead atoms. The lowest BCUT2D eigenvalue weighted by Crippen LogP contribution is -2.28. The van der Waals surface area contributed by atoms with E-state index in [9.17, 15) is 4.79 Å². The van der Waals surface area contributed by atoms with E-state index in [1.165, 1.54) is 0 Å². The van der Waals surface area contributed by atoms with Crippen LogP contribution in [-0.4, -0.2) is 12.3 Å². The van der Waals surface area contributed by atoms with Crippen LogP contribution in [0.2, 0.25) is 0 Å². The Morgan fingerprint density at radius 1 is 1.44 bits per heavy atom. The lowest BCUT2D eigenvalue weighted by molar-refractivity contribution is -0.118. The molecule has 1 N–H and O–H groups in total. The Balaban J connectivity index is 3.18. The van der Waals surface area contributed by atoms with Crippen LogP contribution in [0.25, 0.3) is 0 Å². The van der Waals surface area contributed by atoms with Crippen molar-refractivity contribution in [2.45, 2.75) is 27.7 Å². The van der Waals surface area contributed by atoms with Crippen LogP contribution in [0, 0.1) is 23.2 Å². The first kappa shape index (κ1) is 12.5. The quantitative estimate of drug-likeness (QED) is 0.790. The van der Waals surface area contributed by atoms with Gasteiger partial charge in [0.1, 0.15) is 0 Å². The van der Waals surface area contributed by atoms with Crippen molar-refractivity contribution >= 4 is 5.78 Å². The molecule has 0 aromatic heterocycles. The smallest absolute Gasteiger partial charge is 0.167 e. The van der Waals surface area contributed by atoms with Crippen LogP contribution < -0.4 is 5.32 Å². The second-order valence-corrected chi connectivity index (χ2v) is 4.64. The first-order valence-corrected chi connectivity index (χ1v) is 5.60. The molecular weight excluding hydrogens is 200 g/mol. The Morgan fingerprint density at radius 2 is 2.06 bits per heavy atom. The third-order valence-corrected chi connectivity index (χ3v) is 2.59. The minimum Gasteiger partial charge on any atom is -0.383 e. The summed E-state index contributed by atoms with van der Waals surface area (Å²) >= 11 is 0. The number of nitrogens with zero attached hydrogens (tertiary/aromatic N) is 1. The van der Waals surface area contributed by atoms with E-state index in [-0.39, 0.29) is 17.6 Å². The zero-order chi connectivity index (χ0) is 12.3. The van der Waals surface area contributed by atoms with Crippen molar-refractivity contribution in [3.63, 3.8) is 0 Å². The number of carbonyl (C=O) groups is 1. The van der Waals surface area contributed by atoms with Crippen LogP contribution in [0.1, 0.15) is 27.7 Å². The fourth-order valence-corrected chi connectivity index (χ4v) is 1.69. The van der Waals surface area contributed by atoms with Crippen LogP contribution in [0.15, 0.2) is 22.9 Å². The van der Waals surface area contributed by atoms with Crippen molar-refractivity contribution in [1.82, 2.24) is 5.32 Å². The topological polar surface area (TPSA) is 52.9 Å². The highest BCUT2D eigenvalue weighted by atomic mass is 16.1. The van der Waals surface area contributed by atoms with Gasteiger partial charge in [-0.2, -0.15) is 5.26 Å². The maximum Gasteiger partial charge on any atom is 0.167 e. The summed E-state index contributed by atoms with van der Waals surface area (Å²) in [6.45, 7) is 8.37. The molecule has 1 heterocycles. The summed E-state index contributed by atoms with van der Waals surface area (Å²) in [5, 5.41) is 12.0. The number of Topliss-reactive ketones (excluding diaryl/α,β-unsaturated/α-hetero) is 1. The van der Waals surface area contributed by atoms with Gasteiger partial charge in [-0.05, 0) is 12.0 Å². The Morgan fingerprint density at radius 3 is 2.50 bits per heavy atom. The molecule has 0 amide bonds. The van der Waals surface area contributed by atoms with Gasteiger partial charge in [-0.25, -0.2) is 0 Å². The molecule has 1 rings (SSSR count). The van der Waals surface area contributed by atoms with Crippen molar-refractivity contribution in [3.05, 3.63) is 22.9 Å².